The molecule has 10 heteroatoms. The van der Waals surface area contributed by atoms with Gasteiger partial charge in [0.1, 0.15) is 5.75 Å². The summed E-state index contributed by atoms with van der Waals surface area (Å²) >= 11 is 0. The number of nitrogens with two attached hydrogens (primary N) is 1. The SMILES string of the molecule is NS(=O)(=O)c1cccc(CN2CCc3cc(OC(=O)c4ccccc4-c4ccc(C(F)(F)F)cc4)ccc3C2)c1. The van der Waals surface area contributed by atoms with Crippen LogP contribution in [0.1, 0.15) is 32.6 Å². The van der Waals surface area contributed by atoms with Gasteiger partial charge in [-0.3, -0.25) is 4.90 Å². The van der Waals surface area contributed by atoms with Crippen molar-refractivity contribution in [2.24, 2.45) is 5.14 Å². The summed E-state index contributed by atoms with van der Waals surface area (Å²) in [5.41, 5.74) is 3.37. The molecule has 0 amide bonds. The number of hydrogen-bond acceptors (Lipinski definition) is 5. The number of alkyl halides is 3. The normalized spacial score (nSPS) is 14.0. The van der Waals surface area contributed by atoms with E-state index in [0.717, 1.165) is 35.4 Å². The van der Waals surface area contributed by atoms with Crippen molar-refractivity contribution < 1.29 is 31.1 Å². The fourth-order valence-electron chi connectivity index (χ4n) is 4.78. The summed E-state index contributed by atoms with van der Waals surface area (Å²) in [6.07, 6.45) is -3.74. The Morgan fingerprint density at radius 1 is 0.900 bits per heavy atom. The number of ether oxygens (including phenoxy) is 1. The summed E-state index contributed by atoms with van der Waals surface area (Å²) in [6, 6.07) is 23.3. The smallest absolute Gasteiger partial charge is 0.416 e. The lowest BCUT2D eigenvalue weighted by Gasteiger charge is -2.29. The van der Waals surface area contributed by atoms with Crippen LogP contribution in [0, 0.1) is 0 Å². The first kappa shape index (κ1) is 27.6. The van der Waals surface area contributed by atoms with Gasteiger partial charge in [0.25, 0.3) is 0 Å². The minimum Gasteiger partial charge on any atom is -0.423 e. The van der Waals surface area contributed by atoms with Gasteiger partial charge in [-0.2, -0.15) is 13.2 Å². The molecule has 1 aliphatic heterocycles. The minimum atomic E-state index is -4.45. The minimum absolute atomic E-state index is 0.0776. The fourth-order valence-corrected chi connectivity index (χ4v) is 5.36. The maximum absolute atomic E-state index is 13.1. The van der Waals surface area contributed by atoms with Gasteiger partial charge in [0.2, 0.25) is 10.0 Å². The van der Waals surface area contributed by atoms with E-state index in [-0.39, 0.29) is 10.5 Å². The largest absolute Gasteiger partial charge is 0.423 e. The van der Waals surface area contributed by atoms with Crippen molar-refractivity contribution in [3.05, 3.63) is 119 Å². The summed E-state index contributed by atoms with van der Waals surface area (Å²) in [5.74, 6) is -0.233. The van der Waals surface area contributed by atoms with Crippen molar-refractivity contribution in [1.82, 2.24) is 4.90 Å². The monoisotopic (exact) mass is 566 g/mol. The summed E-state index contributed by atoms with van der Waals surface area (Å²) in [5, 5.41) is 5.25. The average molecular weight is 567 g/mol. The molecule has 6 nitrogen and oxygen atoms in total. The molecule has 1 heterocycles. The van der Waals surface area contributed by atoms with Gasteiger partial charge in [0.15, 0.2) is 0 Å². The summed E-state index contributed by atoms with van der Waals surface area (Å²) < 4.78 is 67.9. The highest BCUT2D eigenvalue weighted by molar-refractivity contribution is 7.89. The molecule has 0 saturated heterocycles. The van der Waals surface area contributed by atoms with Crippen molar-refractivity contribution in [3.63, 3.8) is 0 Å². The standard InChI is InChI=1S/C30H25F3N2O4S/c31-30(32,33)24-11-8-21(9-12-24)27-6-1-2-7-28(27)29(36)39-25-13-10-23-19-35(15-14-22(23)17-25)18-20-4-3-5-26(16-20)40(34,37)38/h1-13,16-17H,14-15,18-19H2,(H2,34,37,38). The number of carbonyl (C=O) groups is 1. The highest BCUT2D eigenvalue weighted by atomic mass is 32.2. The molecule has 5 rings (SSSR count). The Bertz CT molecular complexity index is 1670. The van der Waals surface area contributed by atoms with Crippen LogP contribution in [0.3, 0.4) is 0 Å². The number of rotatable bonds is 6. The predicted octanol–water partition coefficient (Wildman–Crippen LogP) is 5.80. The number of sulfonamides is 1. The average Bonchev–Trinajstić information content (AvgIpc) is 2.92. The van der Waals surface area contributed by atoms with E-state index in [1.807, 2.05) is 18.2 Å². The summed E-state index contributed by atoms with van der Waals surface area (Å²) in [4.78, 5) is 15.4. The van der Waals surface area contributed by atoms with Crippen molar-refractivity contribution in [2.45, 2.75) is 30.6 Å². The summed E-state index contributed by atoms with van der Waals surface area (Å²) in [6.45, 7) is 1.92. The number of nitrogens with zero attached hydrogens (tertiary/aromatic N) is 1. The van der Waals surface area contributed by atoms with Crippen LogP contribution in [-0.4, -0.2) is 25.8 Å². The highest BCUT2D eigenvalue weighted by Gasteiger charge is 2.30. The molecule has 0 saturated carbocycles. The van der Waals surface area contributed by atoms with E-state index in [1.54, 1.807) is 42.5 Å². The van der Waals surface area contributed by atoms with Crippen LogP contribution in [-0.2, 0) is 35.7 Å². The van der Waals surface area contributed by atoms with E-state index in [1.165, 1.54) is 18.2 Å². The van der Waals surface area contributed by atoms with Crippen LogP contribution in [0.4, 0.5) is 13.2 Å². The highest BCUT2D eigenvalue weighted by Crippen LogP contribution is 2.32. The molecular weight excluding hydrogens is 541 g/mol. The molecule has 4 aromatic carbocycles. The van der Waals surface area contributed by atoms with Crippen molar-refractivity contribution in [1.29, 1.82) is 0 Å². The third-order valence-electron chi connectivity index (χ3n) is 6.78. The van der Waals surface area contributed by atoms with Crippen molar-refractivity contribution in [2.75, 3.05) is 6.54 Å². The molecule has 40 heavy (non-hydrogen) atoms. The molecule has 206 valence electrons. The van der Waals surface area contributed by atoms with Crippen LogP contribution in [0.2, 0.25) is 0 Å². The van der Waals surface area contributed by atoms with Gasteiger partial charge >= 0.3 is 12.1 Å². The molecule has 0 fully saturated rings. The van der Waals surface area contributed by atoms with Crippen LogP contribution in [0.25, 0.3) is 11.1 Å². The molecule has 0 bridgehead atoms. The van der Waals surface area contributed by atoms with Crippen LogP contribution in [0.5, 0.6) is 5.75 Å². The maximum Gasteiger partial charge on any atom is 0.416 e. The molecular formula is C30H25F3N2O4S. The Hall–Kier alpha value is -3.99. The Morgan fingerprint density at radius 3 is 2.38 bits per heavy atom. The van der Waals surface area contributed by atoms with Gasteiger partial charge in [-0.15, -0.1) is 0 Å². The quantitative estimate of drug-likeness (QED) is 0.236. The second-order valence-electron chi connectivity index (χ2n) is 9.59. The lowest BCUT2D eigenvalue weighted by atomic mass is 9.98. The van der Waals surface area contributed by atoms with Crippen molar-refractivity contribution >= 4 is 16.0 Å². The molecule has 0 spiro atoms. The molecule has 1 aliphatic rings. The number of fused-ring (bicyclic) bond motifs is 1. The predicted molar refractivity (Wildman–Crippen MR) is 144 cm³/mol. The molecule has 0 unspecified atom stereocenters. The second-order valence-corrected chi connectivity index (χ2v) is 11.2. The lowest BCUT2D eigenvalue weighted by Crippen LogP contribution is -2.30. The van der Waals surface area contributed by atoms with Gasteiger partial charge < -0.3 is 4.74 Å². The molecule has 0 atom stereocenters. The second kappa shape index (κ2) is 10.9. The molecule has 4 aromatic rings. The van der Waals surface area contributed by atoms with E-state index >= 15 is 0 Å². The first-order chi connectivity index (χ1) is 19.0. The van der Waals surface area contributed by atoms with Gasteiger partial charge in [-0.25, -0.2) is 18.4 Å². The number of esters is 1. The fraction of sp³-hybridized carbons (Fsp3) is 0.167. The molecule has 0 aliphatic carbocycles. The molecule has 2 N–H and O–H groups in total. The first-order valence-electron chi connectivity index (χ1n) is 12.4. The zero-order valence-corrected chi connectivity index (χ0v) is 22.0. The third-order valence-corrected chi connectivity index (χ3v) is 7.69. The number of hydrogen-bond donors (Lipinski definition) is 1. The van der Waals surface area contributed by atoms with E-state index < -0.39 is 27.7 Å². The number of primary sulfonamides is 1. The van der Waals surface area contributed by atoms with Crippen LogP contribution < -0.4 is 9.88 Å². The number of benzene rings is 4. The lowest BCUT2D eigenvalue weighted by molar-refractivity contribution is -0.137. The van der Waals surface area contributed by atoms with Crippen LogP contribution in [0.15, 0.2) is 95.9 Å². The molecule has 0 radical (unpaired) electrons. The van der Waals surface area contributed by atoms with E-state index in [9.17, 15) is 26.4 Å². The Kier molecular flexibility index (Phi) is 7.50. The Balaban J connectivity index is 1.28. The summed E-state index contributed by atoms with van der Waals surface area (Å²) in [7, 11) is -3.78. The van der Waals surface area contributed by atoms with Crippen LogP contribution >= 0.6 is 0 Å². The van der Waals surface area contributed by atoms with Gasteiger partial charge in [0.05, 0.1) is 16.0 Å². The van der Waals surface area contributed by atoms with E-state index in [2.05, 4.69) is 4.90 Å². The van der Waals surface area contributed by atoms with Gasteiger partial charge in [0, 0.05) is 19.6 Å². The maximum atomic E-state index is 13.1. The zero-order valence-electron chi connectivity index (χ0n) is 21.2. The van der Waals surface area contributed by atoms with Gasteiger partial charge in [-0.05, 0) is 76.7 Å². The Labute approximate surface area is 229 Å². The Morgan fingerprint density at radius 2 is 1.65 bits per heavy atom. The topological polar surface area (TPSA) is 89.7 Å². The van der Waals surface area contributed by atoms with E-state index in [0.29, 0.717) is 36.4 Å². The first-order valence-corrected chi connectivity index (χ1v) is 14.0. The zero-order chi connectivity index (χ0) is 28.5. The number of halogens is 3. The van der Waals surface area contributed by atoms with Crippen molar-refractivity contribution in [3.8, 4) is 16.9 Å². The third kappa shape index (κ3) is 6.25. The van der Waals surface area contributed by atoms with E-state index in [4.69, 9.17) is 9.88 Å². The van der Waals surface area contributed by atoms with Gasteiger partial charge in [-0.1, -0.05) is 48.5 Å². The number of carbonyl (C=O) groups excluding carboxylic acids is 1. The molecule has 0 aromatic heterocycles.